The molecule has 1 atom stereocenters. The highest BCUT2D eigenvalue weighted by Crippen LogP contribution is 2.00. The molecule has 0 spiro atoms. The number of azide groups is 1. The number of carboxylic acid groups (broad SMARTS) is 1. The van der Waals surface area contributed by atoms with Crippen molar-refractivity contribution in [3.63, 3.8) is 0 Å². The van der Waals surface area contributed by atoms with E-state index in [9.17, 15) is 9.90 Å². The van der Waals surface area contributed by atoms with Crippen molar-refractivity contribution in [3.05, 3.63) is 10.4 Å². The summed E-state index contributed by atoms with van der Waals surface area (Å²) in [6.45, 7) is 0.417. The van der Waals surface area contributed by atoms with Gasteiger partial charge in [0.2, 0.25) is 0 Å². The van der Waals surface area contributed by atoms with Gasteiger partial charge >= 0.3 is 0 Å². The predicted molar refractivity (Wildman–Crippen MR) is 45.7 cm³/mol. The number of rotatable bonds is 7. The number of hydrogen-bond acceptors (Lipinski definition) is 4. The molecule has 0 aliphatic carbocycles. The molecule has 0 aliphatic heterocycles. The summed E-state index contributed by atoms with van der Waals surface area (Å²) < 4.78 is 0. The average Bonchev–Trinajstić information content (AvgIpc) is 2.10. The van der Waals surface area contributed by atoms with Gasteiger partial charge in [0.15, 0.2) is 0 Å². The lowest BCUT2D eigenvalue weighted by molar-refractivity contribution is -0.308. The fourth-order valence-electron chi connectivity index (χ4n) is 0.956. The van der Waals surface area contributed by atoms with Crippen molar-refractivity contribution in [2.24, 2.45) is 5.11 Å². The van der Waals surface area contributed by atoms with Crippen LogP contribution in [-0.2, 0) is 4.79 Å². The van der Waals surface area contributed by atoms with Crippen molar-refractivity contribution in [1.29, 1.82) is 0 Å². The molecule has 0 aromatic rings. The van der Waals surface area contributed by atoms with Crippen LogP contribution in [-0.4, -0.2) is 25.6 Å². The molecule has 1 unspecified atom stereocenters. The minimum absolute atomic E-state index is 0.417. The summed E-state index contributed by atoms with van der Waals surface area (Å²) in [4.78, 5) is 13.0. The second-order valence-corrected chi connectivity index (χ2v) is 2.61. The third-order valence-corrected chi connectivity index (χ3v) is 1.70. The van der Waals surface area contributed by atoms with E-state index in [1.165, 1.54) is 0 Å². The van der Waals surface area contributed by atoms with E-state index in [-0.39, 0.29) is 0 Å². The number of carbonyl (C=O) groups excluding carboxylic acids is 1. The molecular weight excluding hydrogens is 172 g/mol. The largest absolute Gasteiger partial charge is 0.548 e. The summed E-state index contributed by atoms with van der Waals surface area (Å²) in [5.74, 6) is -1.09. The molecule has 0 saturated heterocycles. The van der Waals surface area contributed by atoms with Crippen LogP contribution in [0.3, 0.4) is 0 Å². The van der Waals surface area contributed by atoms with Crippen LogP contribution in [0.4, 0.5) is 0 Å². The van der Waals surface area contributed by atoms with Gasteiger partial charge in [0, 0.05) is 17.5 Å². The highest BCUT2D eigenvalue weighted by Gasteiger charge is 2.04. The molecule has 13 heavy (non-hydrogen) atoms. The monoisotopic (exact) mass is 185 g/mol. The van der Waals surface area contributed by atoms with Crippen LogP contribution in [0, 0.1) is 0 Å². The molecule has 0 amide bonds. The van der Waals surface area contributed by atoms with Crippen LogP contribution >= 0.6 is 0 Å². The Balaban J connectivity index is 3.49. The topological polar surface area (TPSA) is 101 Å². The molecule has 0 aromatic carbocycles. The van der Waals surface area contributed by atoms with Crippen molar-refractivity contribution in [2.75, 3.05) is 13.6 Å². The van der Waals surface area contributed by atoms with Crippen molar-refractivity contribution >= 4 is 5.97 Å². The normalized spacial score (nSPS) is 11.8. The van der Waals surface area contributed by atoms with E-state index in [1.54, 1.807) is 7.05 Å². The SMILES string of the molecule is CNC(CCCCN=[N+]=[N-])C(=O)[O-]. The second kappa shape index (κ2) is 7.39. The summed E-state index contributed by atoms with van der Waals surface area (Å²) >= 11 is 0. The number of aliphatic carboxylic acids is 1. The first-order valence-electron chi connectivity index (χ1n) is 4.11. The van der Waals surface area contributed by atoms with E-state index in [1.807, 2.05) is 0 Å². The van der Waals surface area contributed by atoms with Gasteiger partial charge < -0.3 is 15.2 Å². The number of nitrogens with one attached hydrogen (secondary N) is 1. The lowest BCUT2D eigenvalue weighted by atomic mass is 10.1. The van der Waals surface area contributed by atoms with Crippen LogP contribution in [0.2, 0.25) is 0 Å². The van der Waals surface area contributed by atoms with E-state index < -0.39 is 12.0 Å². The Morgan fingerprint density at radius 1 is 1.69 bits per heavy atom. The number of hydrogen-bond donors (Lipinski definition) is 1. The van der Waals surface area contributed by atoms with Crippen molar-refractivity contribution in [3.8, 4) is 0 Å². The van der Waals surface area contributed by atoms with Gasteiger partial charge in [-0.2, -0.15) is 0 Å². The Morgan fingerprint density at radius 3 is 2.85 bits per heavy atom. The fraction of sp³-hybridized carbons (Fsp3) is 0.857. The zero-order valence-electron chi connectivity index (χ0n) is 7.56. The summed E-state index contributed by atoms with van der Waals surface area (Å²) in [7, 11) is 1.58. The first-order valence-corrected chi connectivity index (χ1v) is 4.11. The Kier molecular flexibility index (Phi) is 6.68. The first kappa shape index (κ1) is 11.7. The van der Waals surface area contributed by atoms with E-state index in [4.69, 9.17) is 5.53 Å². The maximum absolute atomic E-state index is 10.4. The van der Waals surface area contributed by atoms with Gasteiger partial charge in [-0.3, -0.25) is 0 Å². The van der Waals surface area contributed by atoms with Gasteiger partial charge in [-0.15, -0.1) is 0 Å². The molecule has 0 saturated carbocycles. The zero-order valence-corrected chi connectivity index (χ0v) is 7.56. The third-order valence-electron chi connectivity index (χ3n) is 1.70. The first-order chi connectivity index (χ1) is 6.22. The Labute approximate surface area is 76.6 Å². The maximum Gasteiger partial charge on any atom is 0.0584 e. The molecule has 0 aromatic heterocycles. The molecule has 0 rings (SSSR count). The molecule has 6 nitrogen and oxygen atoms in total. The van der Waals surface area contributed by atoms with Crippen LogP contribution in [0.25, 0.3) is 10.4 Å². The summed E-state index contributed by atoms with van der Waals surface area (Å²) in [6, 6.07) is -0.605. The molecule has 0 aliphatic rings. The minimum atomic E-state index is -1.09. The maximum atomic E-state index is 10.4. The summed E-state index contributed by atoms with van der Waals surface area (Å²) in [5, 5.41) is 16.4. The molecule has 1 N–H and O–H groups in total. The molecule has 0 radical (unpaired) electrons. The van der Waals surface area contributed by atoms with E-state index in [2.05, 4.69) is 15.3 Å². The van der Waals surface area contributed by atoms with Crippen LogP contribution in [0.1, 0.15) is 19.3 Å². The smallest absolute Gasteiger partial charge is 0.0584 e. The highest BCUT2D eigenvalue weighted by molar-refractivity contribution is 5.70. The van der Waals surface area contributed by atoms with Gasteiger partial charge in [-0.05, 0) is 25.4 Å². The van der Waals surface area contributed by atoms with Gasteiger partial charge in [-0.25, -0.2) is 0 Å². The Bertz CT molecular complexity index is 201. The Hall–Kier alpha value is -1.26. The summed E-state index contributed by atoms with van der Waals surface area (Å²) in [6.07, 6.45) is 1.91. The number of likely N-dealkylation sites (N-methyl/N-ethyl adjacent to an activating group) is 1. The standard InChI is InChI=1S/C7H14N4O2/c1-9-6(7(12)13)4-2-3-5-10-11-8/h6,9H,2-5H2,1H3,(H,12,13)/p-1. The van der Waals surface area contributed by atoms with Crippen molar-refractivity contribution < 1.29 is 9.90 Å². The minimum Gasteiger partial charge on any atom is -0.548 e. The molecule has 0 bridgehead atoms. The average molecular weight is 185 g/mol. The number of unbranched alkanes of at least 4 members (excludes halogenated alkanes) is 1. The predicted octanol–water partition coefficient (Wildman–Crippen LogP) is -0.195. The quantitative estimate of drug-likeness (QED) is 0.257. The van der Waals surface area contributed by atoms with Crippen LogP contribution in [0.5, 0.6) is 0 Å². The van der Waals surface area contributed by atoms with E-state index in [0.29, 0.717) is 25.8 Å². The van der Waals surface area contributed by atoms with Gasteiger partial charge in [0.1, 0.15) is 0 Å². The summed E-state index contributed by atoms with van der Waals surface area (Å²) in [5.41, 5.74) is 7.95. The zero-order chi connectivity index (χ0) is 10.1. The second-order valence-electron chi connectivity index (χ2n) is 2.61. The van der Waals surface area contributed by atoms with Gasteiger partial charge in [0.05, 0.1) is 5.97 Å². The molecule has 0 fully saturated rings. The molecule has 0 heterocycles. The van der Waals surface area contributed by atoms with E-state index in [0.717, 1.165) is 0 Å². The van der Waals surface area contributed by atoms with E-state index >= 15 is 0 Å². The van der Waals surface area contributed by atoms with Crippen LogP contribution < -0.4 is 10.4 Å². The third kappa shape index (κ3) is 5.95. The van der Waals surface area contributed by atoms with Gasteiger partial charge in [-0.1, -0.05) is 11.5 Å². The lowest BCUT2D eigenvalue weighted by Crippen LogP contribution is -2.43. The van der Waals surface area contributed by atoms with Gasteiger partial charge in [0.25, 0.3) is 0 Å². The lowest BCUT2D eigenvalue weighted by Gasteiger charge is -2.16. The molecule has 6 heteroatoms. The number of carbonyl (C=O) groups is 1. The number of nitrogens with zero attached hydrogens (tertiary/aromatic N) is 3. The Morgan fingerprint density at radius 2 is 2.38 bits per heavy atom. The molecule has 74 valence electrons. The van der Waals surface area contributed by atoms with Crippen LogP contribution in [0.15, 0.2) is 5.11 Å². The number of carboxylic acids is 1. The molecular formula is C7H13N4O2-. The van der Waals surface area contributed by atoms with Crippen molar-refractivity contribution in [2.45, 2.75) is 25.3 Å². The van der Waals surface area contributed by atoms with Crippen molar-refractivity contribution in [1.82, 2.24) is 5.32 Å². The fourth-order valence-corrected chi connectivity index (χ4v) is 0.956. The highest BCUT2D eigenvalue weighted by atomic mass is 16.4.